The molecule has 14 heavy (non-hydrogen) atoms. The predicted molar refractivity (Wildman–Crippen MR) is 58.4 cm³/mol. The van der Waals surface area contributed by atoms with Gasteiger partial charge in [0, 0.05) is 6.54 Å². The fourth-order valence-corrected chi connectivity index (χ4v) is 1.30. The third kappa shape index (κ3) is 5.22. The number of carboxylic acid groups (broad SMARTS) is 1. The summed E-state index contributed by atoms with van der Waals surface area (Å²) in [5.74, 6) is -0.0562. The monoisotopic (exact) mass is 201 g/mol. The second-order valence-corrected chi connectivity index (χ2v) is 5.11. The van der Waals surface area contributed by atoms with Gasteiger partial charge >= 0.3 is 5.97 Å². The van der Waals surface area contributed by atoms with Crippen molar-refractivity contribution < 1.29 is 9.90 Å². The molecule has 3 heteroatoms. The SMILES string of the molecule is CC(C)CCN(C)CC(C)(C)C(=O)O. The molecule has 0 atom stereocenters. The van der Waals surface area contributed by atoms with Crippen molar-refractivity contribution in [3.8, 4) is 0 Å². The van der Waals surface area contributed by atoms with Crippen LogP contribution in [0.15, 0.2) is 0 Å². The highest BCUT2D eigenvalue weighted by molar-refractivity contribution is 5.73. The normalized spacial score (nSPS) is 12.5. The minimum absolute atomic E-state index is 0.606. The average Bonchev–Trinajstić information content (AvgIpc) is 1.99. The first-order chi connectivity index (χ1) is 6.25. The van der Waals surface area contributed by atoms with E-state index in [1.165, 1.54) is 0 Å². The smallest absolute Gasteiger partial charge is 0.310 e. The molecule has 3 nitrogen and oxygen atoms in total. The van der Waals surface area contributed by atoms with Crippen molar-refractivity contribution in [1.82, 2.24) is 4.90 Å². The van der Waals surface area contributed by atoms with E-state index in [1.807, 2.05) is 7.05 Å². The molecule has 0 aliphatic heterocycles. The van der Waals surface area contributed by atoms with Crippen LogP contribution >= 0.6 is 0 Å². The lowest BCUT2D eigenvalue weighted by Gasteiger charge is -2.26. The lowest BCUT2D eigenvalue weighted by molar-refractivity contribution is -0.147. The maximum absolute atomic E-state index is 10.9. The Morgan fingerprint density at radius 2 is 1.93 bits per heavy atom. The van der Waals surface area contributed by atoms with Crippen molar-refractivity contribution in [2.45, 2.75) is 34.1 Å². The summed E-state index contributed by atoms with van der Waals surface area (Å²) < 4.78 is 0. The second kappa shape index (κ2) is 5.35. The third-order valence-electron chi connectivity index (χ3n) is 2.33. The Bertz CT molecular complexity index is 188. The second-order valence-electron chi connectivity index (χ2n) is 5.11. The summed E-state index contributed by atoms with van der Waals surface area (Å²) in [5, 5.41) is 8.94. The zero-order chi connectivity index (χ0) is 11.4. The van der Waals surface area contributed by atoms with Crippen molar-refractivity contribution in [3.05, 3.63) is 0 Å². The van der Waals surface area contributed by atoms with Crippen LogP contribution in [0.3, 0.4) is 0 Å². The van der Waals surface area contributed by atoms with Crippen molar-refractivity contribution in [2.75, 3.05) is 20.1 Å². The van der Waals surface area contributed by atoms with Crippen LogP contribution in [0.5, 0.6) is 0 Å². The van der Waals surface area contributed by atoms with Crippen LogP contribution in [-0.2, 0) is 4.79 Å². The Morgan fingerprint density at radius 1 is 1.43 bits per heavy atom. The summed E-state index contributed by atoms with van der Waals surface area (Å²) in [7, 11) is 1.98. The van der Waals surface area contributed by atoms with Gasteiger partial charge in [0.25, 0.3) is 0 Å². The number of nitrogens with zero attached hydrogens (tertiary/aromatic N) is 1. The fourth-order valence-electron chi connectivity index (χ4n) is 1.30. The molecule has 0 spiro atoms. The molecule has 0 aromatic heterocycles. The number of hydrogen-bond donors (Lipinski definition) is 1. The number of carbonyl (C=O) groups is 1. The molecular formula is C11H23NO2. The third-order valence-corrected chi connectivity index (χ3v) is 2.33. The molecule has 0 heterocycles. The van der Waals surface area contributed by atoms with E-state index in [0.717, 1.165) is 13.0 Å². The molecule has 0 aromatic rings. The Labute approximate surface area is 87.1 Å². The zero-order valence-electron chi connectivity index (χ0n) is 10.0. The molecule has 1 N–H and O–H groups in total. The van der Waals surface area contributed by atoms with Crippen molar-refractivity contribution in [1.29, 1.82) is 0 Å². The lowest BCUT2D eigenvalue weighted by Crippen LogP contribution is -2.37. The Kier molecular flexibility index (Phi) is 5.13. The van der Waals surface area contributed by atoms with Gasteiger partial charge in [-0.05, 0) is 39.8 Å². The Hall–Kier alpha value is -0.570. The maximum atomic E-state index is 10.9. The van der Waals surface area contributed by atoms with E-state index >= 15 is 0 Å². The highest BCUT2D eigenvalue weighted by Crippen LogP contribution is 2.16. The van der Waals surface area contributed by atoms with Crippen LogP contribution in [0, 0.1) is 11.3 Å². The number of hydrogen-bond acceptors (Lipinski definition) is 2. The van der Waals surface area contributed by atoms with Crippen LogP contribution < -0.4 is 0 Å². The molecule has 0 amide bonds. The molecule has 0 rings (SSSR count). The van der Waals surface area contributed by atoms with E-state index in [2.05, 4.69) is 18.7 Å². The molecular weight excluding hydrogens is 178 g/mol. The van der Waals surface area contributed by atoms with Crippen molar-refractivity contribution >= 4 is 5.97 Å². The minimum Gasteiger partial charge on any atom is -0.481 e. The maximum Gasteiger partial charge on any atom is 0.310 e. The van der Waals surface area contributed by atoms with Gasteiger partial charge in [0.2, 0.25) is 0 Å². The zero-order valence-corrected chi connectivity index (χ0v) is 10.0. The molecule has 0 saturated heterocycles. The quantitative estimate of drug-likeness (QED) is 0.715. The van der Waals surface area contributed by atoms with Gasteiger partial charge in [-0.15, -0.1) is 0 Å². The minimum atomic E-state index is -0.728. The Morgan fingerprint density at radius 3 is 2.29 bits per heavy atom. The molecule has 0 bridgehead atoms. The summed E-state index contributed by atoms with van der Waals surface area (Å²) in [6.45, 7) is 9.46. The van der Waals surface area contributed by atoms with Crippen molar-refractivity contribution in [2.24, 2.45) is 11.3 Å². The molecule has 84 valence electrons. The largest absolute Gasteiger partial charge is 0.481 e. The van der Waals surface area contributed by atoms with Gasteiger partial charge in [-0.3, -0.25) is 4.79 Å². The van der Waals surface area contributed by atoms with Crippen LogP contribution in [0.4, 0.5) is 0 Å². The van der Waals surface area contributed by atoms with Gasteiger partial charge in [0.1, 0.15) is 0 Å². The number of aliphatic carboxylic acids is 1. The van der Waals surface area contributed by atoms with Gasteiger partial charge in [-0.1, -0.05) is 13.8 Å². The molecule has 0 aliphatic carbocycles. The first kappa shape index (κ1) is 13.4. The molecule has 0 aromatic carbocycles. The molecule has 0 saturated carbocycles. The van der Waals surface area contributed by atoms with Crippen LogP contribution in [0.2, 0.25) is 0 Å². The topological polar surface area (TPSA) is 40.5 Å². The summed E-state index contributed by atoms with van der Waals surface area (Å²) >= 11 is 0. The summed E-state index contributed by atoms with van der Waals surface area (Å²) in [4.78, 5) is 13.0. The molecule has 0 aliphatic rings. The van der Waals surface area contributed by atoms with Gasteiger partial charge in [-0.25, -0.2) is 0 Å². The Balaban J connectivity index is 3.93. The van der Waals surface area contributed by atoms with Crippen molar-refractivity contribution in [3.63, 3.8) is 0 Å². The van der Waals surface area contributed by atoms with E-state index in [4.69, 9.17) is 5.11 Å². The average molecular weight is 201 g/mol. The van der Waals surface area contributed by atoms with E-state index in [1.54, 1.807) is 13.8 Å². The van der Waals surface area contributed by atoms with E-state index in [0.29, 0.717) is 12.5 Å². The number of carboxylic acids is 1. The molecule has 0 unspecified atom stereocenters. The van der Waals surface area contributed by atoms with Crippen LogP contribution in [0.25, 0.3) is 0 Å². The summed E-state index contributed by atoms with van der Waals surface area (Å²) in [5.41, 5.74) is -0.647. The fraction of sp³-hybridized carbons (Fsp3) is 0.909. The first-order valence-electron chi connectivity index (χ1n) is 5.17. The predicted octanol–water partition coefficient (Wildman–Crippen LogP) is 2.08. The standard InChI is InChI=1S/C11H23NO2/c1-9(2)6-7-12(5)8-11(3,4)10(13)14/h9H,6-8H2,1-5H3,(H,13,14). The van der Waals surface area contributed by atoms with Crippen LogP contribution in [0.1, 0.15) is 34.1 Å². The highest BCUT2D eigenvalue weighted by Gasteiger charge is 2.28. The highest BCUT2D eigenvalue weighted by atomic mass is 16.4. The summed E-state index contributed by atoms with van der Waals surface area (Å²) in [6.07, 6.45) is 1.12. The van der Waals surface area contributed by atoms with E-state index in [9.17, 15) is 4.79 Å². The molecule has 0 radical (unpaired) electrons. The lowest BCUT2D eigenvalue weighted by atomic mass is 9.93. The number of rotatable bonds is 6. The summed E-state index contributed by atoms with van der Waals surface area (Å²) in [6, 6.07) is 0. The molecule has 0 fully saturated rings. The van der Waals surface area contributed by atoms with Gasteiger partial charge < -0.3 is 10.0 Å². The van der Waals surface area contributed by atoms with E-state index < -0.39 is 11.4 Å². The van der Waals surface area contributed by atoms with Gasteiger partial charge in [-0.2, -0.15) is 0 Å². The van der Waals surface area contributed by atoms with Gasteiger partial charge in [0.05, 0.1) is 5.41 Å². The van der Waals surface area contributed by atoms with Gasteiger partial charge in [0.15, 0.2) is 0 Å². The van der Waals surface area contributed by atoms with Crippen LogP contribution in [-0.4, -0.2) is 36.1 Å². The first-order valence-corrected chi connectivity index (χ1v) is 5.17. The van der Waals surface area contributed by atoms with E-state index in [-0.39, 0.29) is 0 Å².